The summed E-state index contributed by atoms with van der Waals surface area (Å²) in [6.07, 6.45) is 2.29. The number of nitrogens with one attached hydrogen (secondary N) is 1. The van der Waals surface area contributed by atoms with Crippen LogP contribution in [0.2, 0.25) is 5.02 Å². The topological polar surface area (TPSA) is 21.3 Å². The van der Waals surface area contributed by atoms with Gasteiger partial charge in [-0.2, -0.15) is 0 Å². The molecule has 0 amide bonds. The van der Waals surface area contributed by atoms with E-state index in [1.165, 1.54) is 12.0 Å². The fourth-order valence-corrected chi connectivity index (χ4v) is 2.23. The molecule has 1 fully saturated rings. The second-order valence-electron chi connectivity index (χ2n) is 4.02. The minimum atomic E-state index is 0.717. The summed E-state index contributed by atoms with van der Waals surface area (Å²) in [4.78, 5) is 0. The van der Waals surface area contributed by atoms with Crippen molar-refractivity contribution in [2.45, 2.75) is 12.8 Å². The highest BCUT2D eigenvalue weighted by molar-refractivity contribution is 6.31. The minimum absolute atomic E-state index is 0.717. The van der Waals surface area contributed by atoms with Crippen molar-refractivity contribution >= 4 is 11.6 Å². The quantitative estimate of drug-likeness (QED) is 0.854. The van der Waals surface area contributed by atoms with E-state index in [2.05, 4.69) is 5.32 Å². The van der Waals surface area contributed by atoms with Gasteiger partial charge in [0, 0.05) is 5.02 Å². The van der Waals surface area contributed by atoms with Gasteiger partial charge in [0.1, 0.15) is 5.75 Å². The summed E-state index contributed by atoms with van der Waals surface area (Å²) in [5, 5.41) is 4.22. The van der Waals surface area contributed by atoms with Gasteiger partial charge in [0.25, 0.3) is 0 Å². The molecule has 1 heterocycles. The molecule has 1 aliphatic rings. The number of rotatable bonds is 3. The molecule has 1 aliphatic heterocycles. The van der Waals surface area contributed by atoms with Crippen LogP contribution < -0.4 is 10.1 Å². The predicted octanol–water partition coefficient (Wildman–Crippen LogP) is 2.50. The van der Waals surface area contributed by atoms with Crippen LogP contribution in [0.3, 0.4) is 0 Å². The van der Waals surface area contributed by atoms with Gasteiger partial charge in [0.15, 0.2) is 0 Å². The summed E-state index contributed by atoms with van der Waals surface area (Å²) >= 11 is 6.16. The fraction of sp³-hybridized carbons (Fsp3) is 0.500. The molecular formula is C12H16ClNO. The molecule has 0 spiro atoms. The Morgan fingerprint density at radius 1 is 1.53 bits per heavy atom. The van der Waals surface area contributed by atoms with Crippen molar-refractivity contribution in [1.29, 1.82) is 0 Å². The van der Waals surface area contributed by atoms with Gasteiger partial charge in [-0.3, -0.25) is 0 Å². The molecule has 1 aromatic carbocycles. The minimum Gasteiger partial charge on any atom is -0.497 e. The normalized spacial score (nSPS) is 20.5. The molecule has 2 rings (SSSR count). The van der Waals surface area contributed by atoms with E-state index in [1.54, 1.807) is 7.11 Å². The Morgan fingerprint density at radius 3 is 3.07 bits per heavy atom. The van der Waals surface area contributed by atoms with E-state index in [0.29, 0.717) is 0 Å². The maximum atomic E-state index is 6.16. The summed E-state index contributed by atoms with van der Waals surface area (Å²) in [7, 11) is 1.68. The Balaban J connectivity index is 2.11. The first-order chi connectivity index (χ1) is 7.29. The van der Waals surface area contributed by atoms with E-state index in [0.717, 1.165) is 36.2 Å². The number of ether oxygens (including phenoxy) is 1. The van der Waals surface area contributed by atoms with Crippen LogP contribution in [0.4, 0.5) is 0 Å². The van der Waals surface area contributed by atoms with Crippen molar-refractivity contribution in [1.82, 2.24) is 5.32 Å². The van der Waals surface area contributed by atoms with Crippen molar-refractivity contribution in [3.8, 4) is 5.75 Å². The third-order valence-corrected chi connectivity index (χ3v) is 3.29. The van der Waals surface area contributed by atoms with Crippen LogP contribution in [0, 0.1) is 5.92 Å². The highest BCUT2D eigenvalue weighted by atomic mass is 35.5. The first-order valence-corrected chi connectivity index (χ1v) is 5.70. The molecule has 0 saturated carbocycles. The first-order valence-electron chi connectivity index (χ1n) is 5.32. The van der Waals surface area contributed by atoms with E-state index in [1.807, 2.05) is 18.2 Å². The number of methoxy groups -OCH3 is 1. The van der Waals surface area contributed by atoms with E-state index in [-0.39, 0.29) is 0 Å². The molecule has 1 N–H and O–H groups in total. The zero-order chi connectivity index (χ0) is 10.7. The van der Waals surface area contributed by atoms with E-state index in [4.69, 9.17) is 16.3 Å². The number of hydrogen-bond donors (Lipinski definition) is 1. The molecule has 3 heteroatoms. The Morgan fingerprint density at radius 2 is 2.40 bits per heavy atom. The van der Waals surface area contributed by atoms with Crippen LogP contribution in [-0.2, 0) is 6.42 Å². The van der Waals surface area contributed by atoms with E-state index >= 15 is 0 Å². The second-order valence-corrected chi connectivity index (χ2v) is 4.43. The summed E-state index contributed by atoms with van der Waals surface area (Å²) in [6.45, 7) is 2.24. The largest absolute Gasteiger partial charge is 0.497 e. The molecule has 15 heavy (non-hydrogen) atoms. The third-order valence-electron chi connectivity index (χ3n) is 2.92. The summed E-state index contributed by atoms with van der Waals surface area (Å²) in [5.74, 6) is 1.61. The van der Waals surface area contributed by atoms with Gasteiger partial charge in [-0.15, -0.1) is 0 Å². The highest BCUT2D eigenvalue weighted by Gasteiger charge is 2.16. The Bertz CT molecular complexity index is 334. The fourth-order valence-electron chi connectivity index (χ4n) is 2.03. The lowest BCUT2D eigenvalue weighted by Gasteiger charge is -2.11. The molecule has 1 saturated heterocycles. The third kappa shape index (κ3) is 2.64. The van der Waals surface area contributed by atoms with E-state index < -0.39 is 0 Å². The molecule has 0 bridgehead atoms. The standard InChI is InChI=1S/C12H16ClNO/c1-15-11-2-3-12(13)10(7-11)6-9-4-5-14-8-9/h2-3,7,9,14H,4-6,8H2,1H3. The van der Waals surface area contributed by atoms with Gasteiger partial charge in [0.2, 0.25) is 0 Å². The molecule has 1 aromatic rings. The molecule has 2 nitrogen and oxygen atoms in total. The Hall–Kier alpha value is -0.730. The first kappa shape index (κ1) is 10.8. The van der Waals surface area contributed by atoms with Crippen LogP contribution in [0.25, 0.3) is 0 Å². The number of halogens is 1. The smallest absolute Gasteiger partial charge is 0.119 e. The Labute approximate surface area is 95.6 Å². The number of hydrogen-bond acceptors (Lipinski definition) is 2. The van der Waals surface area contributed by atoms with Gasteiger partial charge in [-0.25, -0.2) is 0 Å². The SMILES string of the molecule is COc1ccc(Cl)c(CC2CCNC2)c1. The Kier molecular flexibility index (Phi) is 3.49. The monoisotopic (exact) mass is 225 g/mol. The highest BCUT2D eigenvalue weighted by Crippen LogP contribution is 2.25. The molecule has 0 aliphatic carbocycles. The van der Waals surface area contributed by atoms with Crippen LogP contribution in [0.15, 0.2) is 18.2 Å². The van der Waals surface area contributed by atoms with Crippen LogP contribution in [-0.4, -0.2) is 20.2 Å². The predicted molar refractivity (Wildman–Crippen MR) is 62.7 cm³/mol. The number of benzene rings is 1. The lowest BCUT2D eigenvalue weighted by molar-refractivity contribution is 0.414. The molecule has 82 valence electrons. The molecule has 0 aromatic heterocycles. The summed E-state index contributed by atoms with van der Waals surface area (Å²) in [6, 6.07) is 5.86. The van der Waals surface area contributed by atoms with Gasteiger partial charge < -0.3 is 10.1 Å². The van der Waals surface area contributed by atoms with Crippen molar-refractivity contribution in [3.05, 3.63) is 28.8 Å². The van der Waals surface area contributed by atoms with Gasteiger partial charge in [0.05, 0.1) is 7.11 Å². The van der Waals surface area contributed by atoms with Gasteiger partial charge in [-0.05, 0) is 55.6 Å². The van der Waals surface area contributed by atoms with Crippen LogP contribution in [0.5, 0.6) is 5.75 Å². The van der Waals surface area contributed by atoms with E-state index in [9.17, 15) is 0 Å². The molecule has 1 atom stereocenters. The molecule has 0 radical (unpaired) electrons. The average Bonchev–Trinajstić information content (AvgIpc) is 2.74. The summed E-state index contributed by atoms with van der Waals surface area (Å²) in [5.41, 5.74) is 1.20. The van der Waals surface area contributed by atoms with Crippen LogP contribution in [0.1, 0.15) is 12.0 Å². The second kappa shape index (κ2) is 4.86. The molecular weight excluding hydrogens is 210 g/mol. The molecule has 1 unspecified atom stereocenters. The zero-order valence-corrected chi connectivity index (χ0v) is 9.68. The van der Waals surface area contributed by atoms with Crippen molar-refractivity contribution in [2.75, 3.05) is 20.2 Å². The van der Waals surface area contributed by atoms with Crippen molar-refractivity contribution in [2.24, 2.45) is 5.92 Å². The maximum absolute atomic E-state index is 6.16. The van der Waals surface area contributed by atoms with Crippen LogP contribution >= 0.6 is 11.6 Å². The van der Waals surface area contributed by atoms with Crippen molar-refractivity contribution < 1.29 is 4.74 Å². The lowest BCUT2D eigenvalue weighted by atomic mass is 9.98. The maximum Gasteiger partial charge on any atom is 0.119 e. The summed E-state index contributed by atoms with van der Waals surface area (Å²) < 4.78 is 5.20. The van der Waals surface area contributed by atoms with Gasteiger partial charge >= 0.3 is 0 Å². The average molecular weight is 226 g/mol. The van der Waals surface area contributed by atoms with Crippen molar-refractivity contribution in [3.63, 3.8) is 0 Å². The van der Waals surface area contributed by atoms with Gasteiger partial charge in [-0.1, -0.05) is 11.6 Å². The zero-order valence-electron chi connectivity index (χ0n) is 8.92. The lowest BCUT2D eigenvalue weighted by Crippen LogP contribution is -2.11.